The lowest BCUT2D eigenvalue weighted by atomic mass is 9.94. The summed E-state index contributed by atoms with van der Waals surface area (Å²) in [5, 5.41) is 59.8. The number of nitrogens with zero attached hydrogens (tertiary/aromatic N) is 2. The van der Waals surface area contributed by atoms with E-state index in [-0.39, 0.29) is 35.9 Å². The van der Waals surface area contributed by atoms with Crippen molar-refractivity contribution in [1.82, 2.24) is 20.8 Å². The quantitative estimate of drug-likeness (QED) is 0.0659. The monoisotopic (exact) mass is 522 g/mol. The number of aliphatic hydroxyl groups is 1. The predicted octanol–water partition coefficient (Wildman–Crippen LogP) is -2.63. The molecule has 0 aromatic carbocycles. The SMILES string of the molecule is C[C@H](CCCN(O)C(=O)C(=O)O)NC(=O)CC(O)(CC(=O)N[C@@H](C)CCN(O)C(=O)C(=O)O)C(=O)O. The first-order chi connectivity index (χ1) is 16.5. The normalized spacial score (nSPS) is 13.9. The molecule has 0 saturated heterocycles. The molecule has 0 fully saturated rings. The topological polar surface area (TPSA) is 271 Å². The van der Waals surface area contributed by atoms with Gasteiger partial charge < -0.3 is 31.1 Å². The molecule has 0 spiro atoms. The number of aliphatic carboxylic acids is 3. The summed E-state index contributed by atoms with van der Waals surface area (Å²) in [6.45, 7) is 2.09. The number of nitrogens with one attached hydrogen (secondary N) is 2. The zero-order valence-corrected chi connectivity index (χ0v) is 19.5. The fourth-order valence-corrected chi connectivity index (χ4v) is 2.83. The molecule has 17 nitrogen and oxygen atoms in total. The number of amides is 4. The van der Waals surface area contributed by atoms with Gasteiger partial charge in [0.2, 0.25) is 11.8 Å². The summed E-state index contributed by atoms with van der Waals surface area (Å²) in [7, 11) is 0. The molecule has 0 rings (SSSR count). The molecule has 0 aliphatic rings. The fraction of sp³-hybridized carbons (Fsp3) is 0.632. The molecule has 0 bridgehead atoms. The van der Waals surface area contributed by atoms with Gasteiger partial charge in [-0.05, 0) is 33.1 Å². The Labute approximate surface area is 204 Å². The van der Waals surface area contributed by atoms with Gasteiger partial charge in [-0.25, -0.2) is 24.5 Å². The first kappa shape index (κ1) is 32.2. The minimum atomic E-state index is -2.79. The van der Waals surface area contributed by atoms with Crippen molar-refractivity contribution in [2.24, 2.45) is 0 Å². The van der Waals surface area contributed by atoms with E-state index in [1.54, 1.807) is 0 Å². The van der Waals surface area contributed by atoms with Crippen molar-refractivity contribution in [3.8, 4) is 0 Å². The third-order valence-corrected chi connectivity index (χ3v) is 4.73. The maximum absolute atomic E-state index is 12.2. The van der Waals surface area contributed by atoms with Crippen LogP contribution in [0.5, 0.6) is 0 Å². The Bertz CT molecular complexity index is 864. The lowest BCUT2D eigenvalue weighted by Crippen LogP contribution is -2.49. The summed E-state index contributed by atoms with van der Waals surface area (Å²) in [6, 6.07) is -1.41. The Morgan fingerprint density at radius 3 is 1.50 bits per heavy atom. The molecule has 3 atom stereocenters. The zero-order chi connectivity index (χ0) is 28.2. The van der Waals surface area contributed by atoms with Gasteiger partial charge in [-0.2, -0.15) is 0 Å². The zero-order valence-electron chi connectivity index (χ0n) is 19.5. The molecule has 1 unspecified atom stereocenters. The molecule has 0 aromatic heterocycles. The summed E-state index contributed by atoms with van der Waals surface area (Å²) in [5.74, 6) is -10.6. The summed E-state index contributed by atoms with van der Waals surface area (Å²) in [5.41, 5.74) is -2.79. The molecule has 36 heavy (non-hydrogen) atoms. The van der Waals surface area contributed by atoms with Crippen LogP contribution in [0.3, 0.4) is 0 Å². The highest BCUT2D eigenvalue weighted by Gasteiger charge is 2.41. The second-order valence-electron chi connectivity index (χ2n) is 8.03. The largest absolute Gasteiger partial charge is 0.479 e. The maximum atomic E-state index is 12.2. The lowest BCUT2D eigenvalue weighted by Gasteiger charge is -2.25. The molecule has 204 valence electrons. The number of carboxylic acids is 3. The van der Waals surface area contributed by atoms with E-state index >= 15 is 0 Å². The third-order valence-electron chi connectivity index (χ3n) is 4.73. The lowest BCUT2D eigenvalue weighted by molar-refractivity contribution is -0.178. The average molecular weight is 522 g/mol. The van der Waals surface area contributed by atoms with E-state index in [1.165, 1.54) is 13.8 Å². The first-order valence-electron chi connectivity index (χ1n) is 10.5. The van der Waals surface area contributed by atoms with Gasteiger partial charge in [0.25, 0.3) is 0 Å². The Morgan fingerprint density at radius 2 is 1.11 bits per heavy atom. The Morgan fingerprint density at radius 1 is 0.722 bits per heavy atom. The molecule has 0 heterocycles. The molecule has 0 aliphatic carbocycles. The van der Waals surface area contributed by atoms with E-state index in [0.29, 0.717) is 0 Å². The van der Waals surface area contributed by atoms with Crippen LogP contribution in [-0.2, 0) is 33.6 Å². The van der Waals surface area contributed by atoms with Gasteiger partial charge in [-0.15, -0.1) is 0 Å². The van der Waals surface area contributed by atoms with Crippen LogP contribution in [0.4, 0.5) is 0 Å². The van der Waals surface area contributed by atoms with Gasteiger partial charge in [0.15, 0.2) is 5.60 Å². The van der Waals surface area contributed by atoms with Crippen LogP contribution in [0.1, 0.15) is 46.0 Å². The number of hydroxylamine groups is 4. The van der Waals surface area contributed by atoms with Crippen molar-refractivity contribution in [3.63, 3.8) is 0 Å². The third kappa shape index (κ3) is 11.5. The Balaban J connectivity index is 4.73. The number of hydrogen-bond donors (Lipinski definition) is 8. The molecule has 4 amide bonds. The van der Waals surface area contributed by atoms with Crippen molar-refractivity contribution in [3.05, 3.63) is 0 Å². The minimum absolute atomic E-state index is 0.0121. The van der Waals surface area contributed by atoms with Crippen LogP contribution in [0.25, 0.3) is 0 Å². The molecular weight excluding hydrogens is 492 g/mol. The van der Waals surface area contributed by atoms with Gasteiger partial charge in [-0.3, -0.25) is 29.6 Å². The van der Waals surface area contributed by atoms with Crippen molar-refractivity contribution in [1.29, 1.82) is 0 Å². The van der Waals surface area contributed by atoms with Crippen LogP contribution in [0, 0.1) is 0 Å². The van der Waals surface area contributed by atoms with E-state index in [2.05, 4.69) is 10.6 Å². The Kier molecular flexibility index (Phi) is 13.0. The molecule has 8 N–H and O–H groups in total. The summed E-state index contributed by atoms with van der Waals surface area (Å²) in [4.78, 5) is 78.9. The Hall–Kier alpha value is -3.83. The smallest absolute Gasteiger partial charge is 0.396 e. The van der Waals surface area contributed by atoms with Crippen LogP contribution in [0.15, 0.2) is 0 Å². The number of hydrogen-bond acceptors (Lipinski definition) is 10. The van der Waals surface area contributed by atoms with E-state index in [1.807, 2.05) is 0 Å². The number of rotatable bonds is 14. The number of carbonyl (C=O) groups excluding carboxylic acids is 4. The van der Waals surface area contributed by atoms with Gasteiger partial charge in [0.05, 0.1) is 19.4 Å². The minimum Gasteiger partial charge on any atom is -0.479 e. The van der Waals surface area contributed by atoms with Crippen molar-refractivity contribution in [2.45, 2.75) is 63.6 Å². The first-order valence-corrected chi connectivity index (χ1v) is 10.5. The van der Waals surface area contributed by atoms with Crippen LogP contribution in [0.2, 0.25) is 0 Å². The van der Waals surface area contributed by atoms with Crippen molar-refractivity contribution in [2.75, 3.05) is 13.1 Å². The average Bonchev–Trinajstić information content (AvgIpc) is 2.75. The molecule has 0 aromatic rings. The second kappa shape index (κ2) is 14.5. The van der Waals surface area contributed by atoms with E-state index in [9.17, 15) is 54.2 Å². The van der Waals surface area contributed by atoms with Crippen molar-refractivity contribution >= 4 is 41.5 Å². The molecule has 0 saturated carbocycles. The van der Waals surface area contributed by atoms with E-state index in [4.69, 9.17) is 10.2 Å². The van der Waals surface area contributed by atoms with Gasteiger partial charge in [-0.1, -0.05) is 0 Å². The molecular formula is C19H30N4O13. The summed E-state index contributed by atoms with van der Waals surface area (Å²) < 4.78 is 0. The van der Waals surface area contributed by atoms with Gasteiger partial charge in [0.1, 0.15) is 0 Å². The van der Waals surface area contributed by atoms with Gasteiger partial charge in [0, 0.05) is 18.6 Å². The molecule has 0 radical (unpaired) electrons. The van der Waals surface area contributed by atoms with E-state index in [0.717, 1.165) is 0 Å². The summed E-state index contributed by atoms with van der Waals surface area (Å²) >= 11 is 0. The molecule has 0 aliphatic heterocycles. The van der Waals surface area contributed by atoms with Crippen LogP contribution < -0.4 is 10.6 Å². The fourth-order valence-electron chi connectivity index (χ4n) is 2.83. The highest BCUT2D eigenvalue weighted by atomic mass is 16.5. The number of carbonyl (C=O) groups is 7. The summed E-state index contributed by atoms with van der Waals surface area (Å²) in [6.07, 6.45) is -1.93. The molecule has 17 heteroatoms. The number of carboxylic acid groups (broad SMARTS) is 3. The standard InChI is InChI=1S/C19H30N4O13/c1-10(4-3-6-22(35)14(26)16(28)29)20-12(24)8-19(34,18(32)33)9-13(25)21-11(2)5-7-23(36)15(27)17(30)31/h10-11,34-36H,3-9H2,1-2H3,(H,20,24)(H,21,25)(H,28,29)(H,30,31)(H,32,33)/t10-,11+,19?/m1/s1. The predicted molar refractivity (Wildman–Crippen MR) is 113 cm³/mol. The second-order valence-corrected chi connectivity index (χ2v) is 8.03. The van der Waals surface area contributed by atoms with E-state index < -0.39 is 78.6 Å². The maximum Gasteiger partial charge on any atom is 0.396 e. The van der Waals surface area contributed by atoms with Crippen molar-refractivity contribution < 1.29 is 64.4 Å². The highest BCUT2D eigenvalue weighted by molar-refractivity contribution is 6.31. The van der Waals surface area contributed by atoms with Gasteiger partial charge >= 0.3 is 29.7 Å². The van der Waals surface area contributed by atoms with Crippen LogP contribution >= 0.6 is 0 Å². The van der Waals surface area contributed by atoms with Crippen LogP contribution in [-0.4, -0.2) is 113 Å². The highest BCUT2D eigenvalue weighted by Crippen LogP contribution is 2.17.